The Hall–Kier alpha value is -1.46. The van der Waals surface area contributed by atoms with Gasteiger partial charge >= 0.3 is 0 Å². The first kappa shape index (κ1) is 5.67. The lowest BCUT2D eigenvalue weighted by Crippen LogP contribution is -1.70. The Balaban J connectivity index is 3.08. The van der Waals surface area contributed by atoms with Crippen LogP contribution in [-0.2, 0) is 0 Å². The summed E-state index contributed by atoms with van der Waals surface area (Å²) >= 11 is 0.988. The Bertz CT molecular complexity index is 260. The van der Waals surface area contributed by atoms with Crippen LogP contribution in [0.2, 0.25) is 0 Å². The van der Waals surface area contributed by atoms with E-state index in [-0.39, 0.29) is 10.0 Å². The highest BCUT2D eigenvalue weighted by molar-refractivity contribution is 7.12. The fourth-order valence-electron chi connectivity index (χ4n) is 0.314. The highest BCUT2D eigenvalue weighted by Gasteiger charge is 1.98. The van der Waals surface area contributed by atoms with Gasteiger partial charge in [0.25, 0.3) is 0 Å². The van der Waals surface area contributed by atoms with E-state index in [4.69, 9.17) is 10.5 Å². The maximum Gasteiger partial charge on any atom is 0.218 e. The summed E-state index contributed by atoms with van der Waals surface area (Å²) in [5.74, 6) is 0. The molecule has 1 aromatic heterocycles. The van der Waals surface area contributed by atoms with Crippen molar-refractivity contribution in [2.24, 2.45) is 0 Å². The molecule has 0 amide bonds. The van der Waals surface area contributed by atoms with Crippen LogP contribution in [0.25, 0.3) is 0 Å². The molecule has 0 saturated heterocycles. The van der Waals surface area contributed by atoms with Crippen LogP contribution in [0.3, 0.4) is 0 Å². The van der Waals surface area contributed by atoms with E-state index < -0.39 is 0 Å². The molecule has 1 rings (SSSR count). The van der Waals surface area contributed by atoms with E-state index in [1.807, 2.05) is 0 Å². The first-order chi connectivity index (χ1) is 4.36. The van der Waals surface area contributed by atoms with Crippen molar-refractivity contribution in [3.63, 3.8) is 0 Å². The molecule has 0 aliphatic rings. The molecule has 0 aliphatic carbocycles. The smallest absolute Gasteiger partial charge is 0.190 e. The van der Waals surface area contributed by atoms with Gasteiger partial charge in [-0.05, 0) is 0 Å². The molecule has 0 aromatic carbocycles. The number of aromatic nitrogens is 2. The fourth-order valence-corrected chi connectivity index (χ4v) is 0.751. The lowest BCUT2D eigenvalue weighted by atomic mass is 10.8. The Morgan fingerprint density at radius 3 is 1.78 bits per heavy atom. The van der Waals surface area contributed by atoms with Gasteiger partial charge in [0.15, 0.2) is 0 Å². The predicted octanol–water partition coefficient (Wildman–Crippen LogP) is 0.281. The highest BCUT2D eigenvalue weighted by Crippen LogP contribution is 2.04. The molecule has 42 valence electrons. The highest BCUT2D eigenvalue weighted by atomic mass is 32.1. The molecule has 1 aromatic rings. The van der Waals surface area contributed by atoms with Crippen molar-refractivity contribution >= 4 is 11.3 Å². The van der Waals surface area contributed by atoms with Gasteiger partial charge in [0.1, 0.15) is 12.1 Å². The molecule has 0 fully saturated rings. The largest absolute Gasteiger partial charge is 0.218 e. The van der Waals surface area contributed by atoms with Crippen molar-refractivity contribution in [3.8, 4) is 12.1 Å². The zero-order valence-electron chi connectivity index (χ0n) is 4.20. The van der Waals surface area contributed by atoms with Crippen molar-refractivity contribution in [2.45, 2.75) is 0 Å². The van der Waals surface area contributed by atoms with Crippen molar-refractivity contribution in [1.82, 2.24) is 10.2 Å². The van der Waals surface area contributed by atoms with Gasteiger partial charge < -0.3 is 0 Å². The first-order valence-electron chi connectivity index (χ1n) is 2.00. The van der Waals surface area contributed by atoms with Gasteiger partial charge in [-0.1, -0.05) is 11.3 Å². The van der Waals surface area contributed by atoms with Crippen molar-refractivity contribution in [1.29, 1.82) is 10.5 Å². The molecular weight excluding hydrogens is 136 g/mol. The van der Waals surface area contributed by atoms with Gasteiger partial charge in [-0.15, -0.1) is 10.2 Å². The zero-order chi connectivity index (χ0) is 6.69. The summed E-state index contributed by atoms with van der Waals surface area (Å²) in [5.41, 5.74) is 0. The molecule has 0 aliphatic heterocycles. The molecule has 0 bridgehead atoms. The molecular formula is C4N4S. The van der Waals surface area contributed by atoms with E-state index in [0.717, 1.165) is 11.3 Å². The second-order valence-electron chi connectivity index (χ2n) is 1.14. The molecule has 0 spiro atoms. The maximum absolute atomic E-state index is 8.19. The summed E-state index contributed by atoms with van der Waals surface area (Å²) in [6, 6.07) is 3.55. The fraction of sp³-hybridized carbons (Fsp3) is 0. The van der Waals surface area contributed by atoms with Gasteiger partial charge in [-0.25, -0.2) is 0 Å². The van der Waals surface area contributed by atoms with Crippen LogP contribution in [0.4, 0.5) is 0 Å². The Morgan fingerprint density at radius 1 is 1.11 bits per heavy atom. The molecule has 5 heteroatoms. The van der Waals surface area contributed by atoms with E-state index in [2.05, 4.69) is 10.2 Å². The first-order valence-corrected chi connectivity index (χ1v) is 2.82. The second-order valence-corrected chi connectivity index (χ2v) is 2.11. The molecule has 0 saturated carbocycles. The molecule has 9 heavy (non-hydrogen) atoms. The van der Waals surface area contributed by atoms with Gasteiger partial charge in [-0.2, -0.15) is 10.5 Å². The van der Waals surface area contributed by atoms with Crippen LogP contribution in [0.5, 0.6) is 0 Å². The minimum absolute atomic E-state index is 0.228. The van der Waals surface area contributed by atoms with E-state index in [9.17, 15) is 0 Å². The summed E-state index contributed by atoms with van der Waals surface area (Å²) in [4.78, 5) is 0. The lowest BCUT2D eigenvalue weighted by molar-refractivity contribution is 1.06. The van der Waals surface area contributed by atoms with Crippen molar-refractivity contribution in [3.05, 3.63) is 10.0 Å². The summed E-state index contributed by atoms with van der Waals surface area (Å²) in [5, 5.41) is 23.6. The van der Waals surface area contributed by atoms with Crippen LogP contribution in [0.1, 0.15) is 10.0 Å². The van der Waals surface area contributed by atoms with Crippen molar-refractivity contribution < 1.29 is 0 Å². The third kappa shape index (κ3) is 1.01. The van der Waals surface area contributed by atoms with Crippen LogP contribution in [0.15, 0.2) is 0 Å². The lowest BCUT2D eigenvalue weighted by Gasteiger charge is -1.60. The monoisotopic (exact) mass is 136 g/mol. The van der Waals surface area contributed by atoms with Crippen LogP contribution in [0, 0.1) is 22.7 Å². The summed E-state index contributed by atoms with van der Waals surface area (Å²) in [6.45, 7) is 0. The number of hydrogen-bond donors (Lipinski definition) is 0. The minimum atomic E-state index is 0.228. The van der Waals surface area contributed by atoms with Crippen LogP contribution >= 0.6 is 11.3 Å². The van der Waals surface area contributed by atoms with Crippen molar-refractivity contribution in [2.75, 3.05) is 0 Å². The van der Waals surface area contributed by atoms with Gasteiger partial charge in [0, 0.05) is 0 Å². The maximum atomic E-state index is 8.19. The Morgan fingerprint density at radius 2 is 1.56 bits per heavy atom. The summed E-state index contributed by atoms with van der Waals surface area (Å²) in [7, 11) is 0. The standard InChI is InChI=1S/C4N4S/c5-1-3-7-8-4(2-6)9-3. The van der Waals surface area contributed by atoms with Gasteiger partial charge in [0.05, 0.1) is 0 Å². The van der Waals surface area contributed by atoms with E-state index in [1.165, 1.54) is 0 Å². The summed E-state index contributed by atoms with van der Waals surface area (Å²) < 4.78 is 0. The average Bonchev–Trinajstić information content (AvgIpc) is 2.34. The Kier molecular flexibility index (Phi) is 1.39. The number of hydrogen-bond acceptors (Lipinski definition) is 5. The number of rotatable bonds is 0. The molecule has 0 unspecified atom stereocenters. The molecule has 1 heterocycles. The second kappa shape index (κ2) is 2.21. The zero-order valence-corrected chi connectivity index (χ0v) is 5.01. The molecule has 0 radical (unpaired) electrons. The molecule has 4 nitrogen and oxygen atoms in total. The topological polar surface area (TPSA) is 73.4 Å². The van der Waals surface area contributed by atoms with Crippen LogP contribution < -0.4 is 0 Å². The third-order valence-electron chi connectivity index (χ3n) is 0.616. The van der Waals surface area contributed by atoms with Gasteiger partial charge in [0.2, 0.25) is 10.0 Å². The normalized spacial score (nSPS) is 7.78. The number of nitrogens with zero attached hydrogens (tertiary/aromatic N) is 4. The third-order valence-corrected chi connectivity index (χ3v) is 1.35. The molecule has 0 N–H and O–H groups in total. The van der Waals surface area contributed by atoms with Crippen LogP contribution in [-0.4, -0.2) is 10.2 Å². The predicted molar refractivity (Wildman–Crippen MR) is 29.3 cm³/mol. The number of nitriles is 2. The quantitative estimate of drug-likeness (QED) is 0.513. The van der Waals surface area contributed by atoms with Gasteiger partial charge in [-0.3, -0.25) is 0 Å². The van der Waals surface area contributed by atoms with E-state index in [0.29, 0.717) is 0 Å². The molecule has 0 atom stereocenters. The minimum Gasteiger partial charge on any atom is -0.190 e. The summed E-state index contributed by atoms with van der Waals surface area (Å²) in [6.07, 6.45) is 0. The Labute approximate surface area is 55.0 Å². The van der Waals surface area contributed by atoms with E-state index >= 15 is 0 Å². The van der Waals surface area contributed by atoms with E-state index in [1.54, 1.807) is 12.1 Å². The average molecular weight is 136 g/mol. The SMILES string of the molecule is N#Cc1nnc(C#N)s1.